The van der Waals surface area contributed by atoms with Crippen molar-refractivity contribution in [2.45, 2.75) is 41.7 Å². The summed E-state index contributed by atoms with van der Waals surface area (Å²) in [7, 11) is 0. The Morgan fingerprint density at radius 1 is 1.17 bits per heavy atom. The summed E-state index contributed by atoms with van der Waals surface area (Å²) >= 11 is 8.26. The van der Waals surface area contributed by atoms with E-state index in [4.69, 9.17) is 32.3 Å². The molecule has 6 heterocycles. The van der Waals surface area contributed by atoms with Crippen LogP contribution in [-0.2, 0) is 4.74 Å². The van der Waals surface area contributed by atoms with Crippen molar-refractivity contribution in [3.05, 3.63) is 35.9 Å². The van der Waals surface area contributed by atoms with E-state index < -0.39 is 0 Å². The number of hydrogen-bond donors (Lipinski definition) is 1. The van der Waals surface area contributed by atoms with Gasteiger partial charge in [-0.2, -0.15) is 5.26 Å². The van der Waals surface area contributed by atoms with Gasteiger partial charge in [-0.3, -0.25) is 4.40 Å². The lowest BCUT2D eigenvalue weighted by Crippen LogP contribution is -2.51. The molecule has 1 spiro atoms. The summed E-state index contributed by atoms with van der Waals surface area (Å²) in [5, 5.41) is 9.67. The predicted molar refractivity (Wildman–Crippen MR) is 135 cm³/mol. The molecule has 3 aromatic rings. The fourth-order valence-corrected chi connectivity index (χ4v) is 6.62. The second kappa shape index (κ2) is 8.82. The van der Waals surface area contributed by atoms with Crippen LogP contribution in [0.15, 0.2) is 40.6 Å². The average Bonchev–Trinajstić information content (AvgIpc) is 3.44. The Kier molecular flexibility index (Phi) is 5.76. The topological polar surface area (TPSA) is 109 Å². The smallest absolute Gasteiger partial charge is 0.211 e. The third kappa shape index (κ3) is 3.82. The number of fused-ring (bicyclic) bond motifs is 1. The number of pyridine rings is 1. The van der Waals surface area contributed by atoms with Gasteiger partial charge in [-0.05, 0) is 25.8 Å². The zero-order valence-corrected chi connectivity index (χ0v) is 21.0. The molecule has 2 atom stereocenters. The van der Waals surface area contributed by atoms with E-state index in [1.165, 1.54) is 11.8 Å². The van der Waals surface area contributed by atoms with Crippen molar-refractivity contribution in [1.82, 2.24) is 19.4 Å². The minimum absolute atomic E-state index is 0.0375. The summed E-state index contributed by atoms with van der Waals surface area (Å²) in [6, 6.07) is 4.28. The highest BCUT2D eigenvalue weighted by atomic mass is 35.5. The number of rotatable bonds is 4. The van der Waals surface area contributed by atoms with Crippen LogP contribution in [0.1, 0.15) is 19.8 Å². The third-order valence-electron chi connectivity index (χ3n) is 7.68. The van der Waals surface area contributed by atoms with Gasteiger partial charge in [-0.15, -0.1) is 0 Å². The number of anilines is 2. The largest absolute Gasteiger partial charge is 0.376 e. The number of piperidine rings is 1. The molecule has 35 heavy (non-hydrogen) atoms. The molecule has 2 unspecified atom stereocenters. The molecule has 0 radical (unpaired) electrons. The SMILES string of the molecule is CC1OCC2(CCN(c3ncc(Sc4ccnc(N5CC(C#N)C5)c4Cl)c4nccn34)CC2)C1N. The molecule has 2 N–H and O–H groups in total. The highest BCUT2D eigenvalue weighted by Crippen LogP contribution is 2.43. The van der Waals surface area contributed by atoms with Crippen LogP contribution in [0.2, 0.25) is 5.02 Å². The number of halogens is 1. The fourth-order valence-electron chi connectivity index (χ4n) is 5.38. The van der Waals surface area contributed by atoms with E-state index in [9.17, 15) is 0 Å². The minimum Gasteiger partial charge on any atom is -0.376 e. The molecule has 3 fully saturated rings. The maximum absolute atomic E-state index is 9.08. The second-order valence-electron chi connectivity index (χ2n) is 9.71. The van der Waals surface area contributed by atoms with Crippen molar-refractivity contribution >= 4 is 40.8 Å². The van der Waals surface area contributed by atoms with Gasteiger partial charge < -0.3 is 20.3 Å². The Morgan fingerprint density at radius 3 is 2.69 bits per heavy atom. The van der Waals surface area contributed by atoms with Crippen LogP contribution in [0.4, 0.5) is 11.8 Å². The maximum Gasteiger partial charge on any atom is 0.211 e. The van der Waals surface area contributed by atoms with Gasteiger partial charge in [0.05, 0.1) is 34.6 Å². The zero-order chi connectivity index (χ0) is 24.2. The molecule has 3 aliphatic heterocycles. The summed E-state index contributed by atoms with van der Waals surface area (Å²) in [5.74, 6) is 1.65. The molecule has 0 saturated carbocycles. The highest BCUT2D eigenvalue weighted by Gasteiger charge is 2.47. The molecule has 3 aliphatic rings. The molecule has 3 saturated heterocycles. The number of nitriles is 1. The first-order chi connectivity index (χ1) is 17.0. The number of nitrogens with zero attached hydrogens (tertiary/aromatic N) is 7. The Bertz CT molecular complexity index is 1290. The third-order valence-corrected chi connectivity index (χ3v) is 9.23. The minimum atomic E-state index is 0.0375. The first-order valence-corrected chi connectivity index (χ1v) is 13.1. The van der Waals surface area contributed by atoms with Gasteiger partial charge in [0.1, 0.15) is 5.82 Å². The summed E-state index contributed by atoms with van der Waals surface area (Å²) < 4.78 is 7.93. The van der Waals surface area contributed by atoms with Gasteiger partial charge in [-0.25, -0.2) is 15.0 Å². The van der Waals surface area contributed by atoms with E-state index in [1.54, 1.807) is 12.4 Å². The molecule has 0 bridgehead atoms. The first kappa shape index (κ1) is 22.9. The summed E-state index contributed by atoms with van der Waals surface area (Å²) in [6.45, 7) is 5.90. The molecule has 3 aromatic heterocycles. The Labute approximate surface area is 213 Å². The zero-order valence-electron chi connectivity index (χ0n) is 19.5. The van der Waals surface area contributed by atoms with E-state index in [2.05, 4.69) is 32.3 Å². The number of imidazole rings is 1. The summed E-state index contributed by atoms with van der Waals surface area (Å²) in [5.41, 5.74) is 7.41. The Hall–Kier alpha value is -2.58. The average molecular weight is 511 g/mol. The number of nitrogens with two attached hydrogens (primary N) is 1. The van der Waals surface area contributed by atoms with E-state index in [1.807, 2.05) is 23.4 Å². The molecule has 9 nitrogen and oxygen atoms in total. The number of aromatic nitrogens is 4. The van der Waals surface area contributed by atoms with E-state index >= 15 is 0 Å². The summed E-state index contributed by atoms with van der Waals surface area (Å²) in [4.78, 5) is 20.1. The van der Waals surface area contributed by atoms with Crippen LogP contribution in [-0.4, -0.2) is 64.3 Å². The van der Waals surface area contributed by atoms with E-state index in [-0.39, 0.29) is 23.5 Å². The quantitative estimate of drug-likeness (QED) is 0.565. The van der Waals surface area contributed by atoms with Crippen molar-refractivity contribution < 1.29 is 4.74 Å². The monoisotopic (exact) mass is 510 g/mol. The molecular weight excluding hydrogens is 484 g/mol. The van der Waals surface area contributed by atoms with Crippen molar-refractivity contribution in [3.8, 4) is 6.07 Å². The molecule has 0 amide bonds. The first-order valence-electron chi connectivity index (χ1n) is 11.9. The Balaban J connectivity index is 1.23. The van der Waals surface area contributed by atoms with Gasteiger partial charge in [0.2, 0.25) is 5.95 Å². The number of hydrogen-bond acceptors (Lipinski definition) is 9. The lowest BCUT2D eigenvalue weighted by Gasteiger charge is -2.41. The van der Waals surface area contributed by atoms with Crippen LogP contribution in [0.25, 0.3) is 5.65 Å². The highest BCUT2D eigenvalue weighted by molar-refractivity contribution is 7.99. The van der Waals surface area contributed by atoms with Crippen LogP contribution >= 0.6 is 23.4 Å². The molecule has 0 aromatic carbocycles. The predicted octanol–water partition coefficient (Wildman–Crippen LogP) is 3.22. The lowest BCUT2D eigenvalue weighted by atomic mass is 9.73. The fraction of sp³-hybridized carbons (Fsp3) is 0.500. The van der Waals surface area contributed by atoms with Gasteiger partial charge >= 0.3 is 0 Å². The van der Waals surface area contributed by atoms with Crippen LogP contribution in [0.5, 0.6) is 0 Å². The molecule has 0 aliphatic carbocycles. The van der Waals surface area contributed by atoms with Crippen LogP contribution in [0, 0.1) is 22.7 Å². The second-order valence-corrected chi connectivity index (χ2v) is 11.2. The van der Waals surface area contributed by atoms with Gasteiger partial charge in [0.15, 0.2) is 5.65 Å². The lowest BCUT2D eigenvalue weighted by molar-refractivity contribution is 0.0973. The van der Waals surface area contributed by atoms with E-state index in [0.29, 0.717) is 18.1 Å². The molecule has 182 valence electrons. The van der Waals surface area contributed by atoms with Gasteiger partial charge in [0, 0.05) is 67.3 Å². The van der Waals surface area contributed by atoms with E-state index in [0.717, 1.165) is 59.7 Å². The van der Waals surface area contributed by atoms with Crippen molar-refractivity contribution in [1.29, 1.82) is 5.26 Å². The normalized spacial score (nSPS) is 24.2. The summed E-state index contributed by atoms with van der Waals surface area (Å²) in [6.07, 6.45) is 9.50. The van der Waals surface area contributed by atoms with Crippen LogP contribution in [0.3, 0.4) is 0 Å². The van der Waals surface area contributed by atoms with Gasteiger partial charge in [-0.1, -0.05) is 23.4 Å². The maximum atomic E-state index is 9.08. The van der Waals surface area contributed by atoms with Crippen molar-refractivity contribution in [3.63, 3.8) is 0 Å². The van der Waals surface area contributed by atoms with Gasteiger partial charge in [0.25, 0.3) is 0 Å². The van der Waals surface area contributed by atoms with Crippen LogP contribution < -0.4 is 15.5 Å². The molecule has 6 rings (SSSR count). The molecular formula is C24H27ClN8OS. The standard InChI is InChI=1S/C24H27ClN8OS/c1-15-20(27)24(14-34-15)3-7-31(8-4-24)23-30-11-18(21-29-6-9-33(21)23)35-17-2-5-28-22(19(17)25)32-12-16(10-26)13-32/h2,5-6,9,11,15-16,20H,3-4,7-8,12-14,27H2,1H3. The van der Waals surface area contributed by atoms with Crippen molar-refractivity contribution in [2.24, 2.45) is 17.1 Å². The molecule has 11 heteroatoms. The Morgan fingerprint density at radius 2 is 1.97 bits per heavy atom. The number of ether oxygens (including phenoxy) is 1. The van der Waals surface area contributed by atoms with Crippen molar-refractivity contribution in [2.75, 3.05) is 42.6 Å².